The number of pyridine rings is 1. The third-order valence-electron chi connectivity index (χ3n) is 11.5. The van der Waals surface area contributed by atoms with Gasteiger partial charge < -0.3 is 24.1 Å². The number of halogens is 2. The molecule has 1 aliphatic carbocycles. The van der Waals surface area contributed by atoms with E-state index in [0.717, 1.165) is 87.3 Å². The Morgan fingerprint density at radius 3 is 2.53 bits per heavy atom. The Bertz CT molecular complexity index is 2460. The summed E-state index contributed by atoms with van der Waals surface area (Å²) < 4.78 is 47.0. The second kappa shape index (κ2) is 17.5. The first kappa shape index (κ1) is 41.1. The molecule has 2 N–H and O–H groups in total. The molecule has 0 radical (unpaired) electrons. The third-order valence-corrected chi connectivity index (χ3v) is 13.3. The minimum Gasteiger partial charge on any atom is -0.476 e. The van der Waals surface area contributed by atoms with Gasteiger partial charge in [0.15, 0.2) is 5.75 Å². The van der Waals surface area contributed by atoms with Gasteiger partial charge in [0.1, 0.15) is 21.2 Å². The van der Waals surface area contributed by atoms with Crippen LogP contribution in [0.5, 0.6) is 17.4 Å². The van der Waals surface area contributed by atoms with Crippen molar-refractivity contribution in [3.8, 4) is 17.4 Å². The van der Waals surface area contributed by atoms with Gasteiger partial charge in [0.05, 0.1) is 30.2 Å². The zero-order chi connectivity index (χ0) is 41.1. The van der Waals surface area contributed by atoms with Gasteiger partial charge in [-0.2, -0.15) is 0 Å². The Morgan fingerprint density at radius 1 is 0.983 bits per heavy atom. The summed E-state index contributed by atoms with van der Waals surface area (Å²) in [5.41, 5.74) is 6.60. The minimum atomic E-state index is -4.39. The van der Waals surface area contributed by atoms with Crippen molar-refractivity contribution in [3.63, 3.8) is 0 Å². The van der Waals surface area contributed by atoms with Crippen molar-refractivity contribution < 1.29 is 27.4 Å². The number of carbonyl (C=O) groups excluding carboxylic acids is 1. The molecule has 0 atom stereocenters. The number of benzene rings is 3. The number of carbonyl (C=O) groups is 1. The number of fused-ring (bicyclic) bond motifs is 1. The normalized spacial score (nSPS) is 17.9. The van der Waals surface area contributed by atoms with Crippen LogP contribution in [0.4, 0.5) is 5.69 Å². The summed E-state index contributed by atoms with van der Waals surface area (Å²) in [5.74, 6) is 0.144. The molecule has 310 valence electrons. The van der Waals surface area contributed by atoms with E-state index in [2.05, 4.69) is 55.5 Å². The lowest BCUT2D eigenvalue weighted by Crippen LogP contribution is -2.47. The van der Waals surface area contributed by atoms with Crippen LogP contribution < -0.4 is 19.1 Å². The van der Waals surface area contributed by atoms with Gasteiger partial charge in [0.2, 0.25) is 5.88 Å². The van der Waals surface area contributed by atoms with Gasteiger partial charge in [-0.25, -0.2) is 23.1 Å². The highest BCUT2D eigenvalue weighted by molar-refractivity contribution is 7.90. The molecule has 0 unspecified atom stereocenters. The molecule has 0 saturated carbocycles. The van der Waals surface area contributed by atoms with Crippen molar-refractivity contribution in [1.82, 2.24) is 24.6 Å². The fourth-order valence-corrected chi connectivity index (χ4v) is 9.37. The van der Waals surface area contributed by atoms with Gasteiger partial charge in [-0.1, -0.05) is 60.8 Å². The monoisotopic (exact) mass is 858 g/mol. The molecule has 12 nitrogen and oxygen atoms in total. The maximum Gasteiger partial charge on any atom is 0.268 e. The summed E-state index contributed by atoms with van der Waals surface area (Å²) in [4.78, 5) is 30.0. The minimum absolute atomic E-state index is 0.0226. The molecule has 1 amide bonds. The number of imidazole rings is 1. The first-order valence-corrected chi connectivity index (χ1v) is 22.3. The maximum absolute atomic E-state index is 13.9. The van der Waals surface area contributed by atoms with Crippen molar-refractivity contribution in [3.05, 3.63) is 106 Å². The Morgan fingerprint density at radius 2 is 1.76 bits per heavy atom. The van der Waals surface area contributed by atoms with Crippen LogP contribution in [0.25, 0.3) is 16.6 Å². The smallest absolute Gasteiger partial charge is 0.268 e. The quantitative estimate of drug-likeness (QED) is 0.125. The summed E-state index contributed by atoms with van der Waals surface area (Å²) in [7, 11) is -4.39. The molecular formula is C44H48Cl2N6O6S. The Hall–Kier alpha value is -4.66. The van der Waals surface area contributed by atoms with Crippen LogP contribution in [0, 0.1) is 11.3 Å². The van der Waals surface area contributed by atoms with Crippen LogP contribution in [0.15, 0.2) is 89.7 Å². The van der Waals surface area contributed by atoms with E-state index < -0.39 is 15.9 Å². The number of aromatic nitrogens is 3. The summed E-state index contributed by atoms with van der Waals surface area (Å²) >= 11 is 12.7. The fraction of sp³-hybridized carbons (Fsp3) is 0.386. The molecule has 3 aromatic carbocycles. The standard InChI is InChI=1S/C44H48Cl2N6O6S/c1-44(2)15-12-31(36(24-44)30-6-8-32(45)9-7-30)26-51-16-18-52(19-17-51)33-10-11-35(40(22-33)58-39-5-3-4-38-41(39)49-28-48-38)42(53)50-59(54,55)34-23-37(46)43(47-25-34)57-27-29-13-20-56-21-14-29/h3-11,22-23,25,28-29H,12-21,24,26-27H2,1-2H3,(H,48,49)(H,50,53). The van der Waals surface area contributed by atoms with Crippen LogP contribution in [0.1, 0.15) is 61.9 Å². The molecule has 3 aliphatic rings. The van der Waals surface area contributed by atoms with Gasteiger partial charge in [0, 0.05) is 62.7 Å². The highest BCUT2D eigenvalue weighted by Crippen LogP contribution is 2.43. The molecule has 5 aromatic rings. The molecule has 0 bridgehead atoms. The van der Waals surface area contributed by atoms with Crippen LogP contribution >= 0.6 is 23.2 Å². The van der Waals surface area contributed by atoms with Crippen LogP contribution in [-0.2, 0) is 14.8 Å². The molecule has 2 aliphatic heterocycles. The predicted octanol–water partition coefficient (Wildman–Crippen LogP) is 8.77. The molecule has 4 heterocycles. The van der Waals surface area contributed by atoms with Crippen molar-refractivity contribution in [1.29, 1.82) is 0 Å². The van der Waals surface area contributed by atoms with Crippen molar-refractivity contribution in [2.75, 3.05) is 57.4 Å². The van der Waals surface area contributed by atoms with E-state index in [1.54, 1.807) is 24.5 Å². The number of ether oxygens (including phenoxy) is 3. The highest BCUT2D eigenvalue weighted by atomic mass is 35.5. The molecule has 2 saturated heterocycles. The highest BCUT2D eigenvalue weighted by Gasteiger charge is 2.30. The number of hydrogen-bond donors (Lipinski definition) is 2. The second-order valence-corrected chi connectivity index (χ2v) is 18.8. The van der Waals surface area contributed by atoms with Crippen LogP contribution in [0.3, 0.4) is 0 Å². The van der Waals surface area contributed by atoms with E-state index >= 15 is 0 Å². The van der Waals surface area contributed by atoms with Crippen LogP contribution in [-0.4, -0.2) is 86.7 Å². The number of H-pyrrole nitrogens is 1. The second-order valence-electron chi connectivity index (χ2n) is 16.3. The zero-order valence-corrected chi connectivity index (χ0v) is 35.5. The molecule has 2 aromatic heterocycles. The van der Waals surface area contributed by atoms with E-state index in [1.165, 1.54) is 22.8 Å². The number of para-hydroxylation sites is 1. The number of aromatic amines is 1. The summed E-state index contributed by atoms with van der Waals surface area (Å²) in [6.45, 7) is 10.5. The first-order chi connectivity index (χ1) is 28.4. The third kappa shape index (κ3) is 9.71. The van der Waals surface area contributed by atoms with Gasteiger partial charge in [-0.15, -0.1) is 0 Å². The van der Waals surface area contributed by atoms with E-state index in [-0.39, 0.29) is 32.5 Å². The number of rotatable bonds is 12. The van der Waals surface area contributed by atoms with Crippen molar-refractivity contribution in [2.45, 2.75) is 50.8 Å². The molecule has 15 heteroatoms. The van der Waals surface area contributed by atoms with Gasteiger partial charge >= 0.3 is 0 Å². The number of amides is 1. The Balaban J connectivity index is 0.993. The topological polar surface area (TPSA) is 139 Å². The predicted molar refractivity (Wildman–Crippen MR) is 230 cm³/mol. The lowest BCUT2D eigenvalue weighted by molar-refractivity contribution is 0.0490. The van der Waals surface area contributed by atoms with E-state index in [9.17, 15) is 13.2 Å². The molecule has 59 heavy (non-hydrogen) atoms. The number of sulfonamides is 1. The number of nitrogens with one attached hydrogen (secondary N) is 2. The summed E-state index contributed by atoms with van der Waals surface area (Å²) in [6.07, 6.45) is 7.66. The van der Waals surface area contributed by atoms with Crippen molar-refractivity contribution >= 4 is 61.4 Å². The number of allylic oxidation sites excluding steroid dienone is 1. The average molecular weight is 860 g/mol. The fourth-order valence-electron chi connectivity index (χ4n) is 8.02. The van der Waals surface area contributed by atoms with Gasteiger partial charge in [-0.05, 0) is 97.0 Å². The maximum atomic E-state index is 13.9. The lowest BCUT2D eigenvalue weighted by atomic mass is 9.72. The van der Waals surface area contributed by atoms with Crippen LogP contribution in [0.2, 0.25) is 10.0 Å². The number of hydrogen-bond acceptors (Lipinski definition) is 10. The van der Waals surface area contributed by atoms with E-state index in [1.807, 2.05) is 30.3 Å². The first-order valence-electron chi connectivity index (χ1n) is 20.0. The van der Waals surface area contributed by atoms with E-state index in [4.69, 9.17) is 37.4 Å². The SMILES string of the molecule is CC1(C)CCC(CN2CCN(c3ccc(C(=O)NS(=O)(=O)c4cnc(OCC5CCOCC5)c(Cl)c4)c(Oc4cccc5[nH]cnc45)c3)CC2)=C(c2ccc(Cl)cc2)C1. The number of piperazine rings is 1. The van der Waals surface area contributed by atoms with Gasteiger partial charge in [0.25, 0.3) is 15.9 Å². The van der Waals surface area contributed by atoms with E-state index in [0.29, 0.717) is 37.0 Å². The Labute approximate surface area is 354 Å². The number of nitrogens with zero attached hydrogens (tertiary/aromatic N) is 4. The molecular weight excluding hydrogens is 811 g/mol. The summed E-state index contributed by atoms with van der Waals surface area (Å²) in [5, 5.41) is 0.762. The summed E-state index contributed by atoms with van der Waals surface area (Å²) in [6, 6.07) is 20.1. The van der Waals surface area contributed by atoms with Crippen molar-refractivity contribution in [2.24, 2.45) is 11.3 Å². The largest absolute Gasteiger partial charge is 0.476 e. The molecule has 0 spiro atoms. The number of anilines is 1. The Kier molecular flexibility index (Phi) is 12.2. The molecule has 8 rings (SSSR count). The average Bonchev–Trinajstić information content (AvgIpc) is 3.72. The lowest BCUT2D eigenvalue weighted by Gasteiger charge is -2.39. The molecule has 2 fully saturated rings. The zero-order valence-electron chi connectivity index (χ0n) is 33.2. The van der Waals surface area contributed by atoms with Gasteiger partial charge in [-0.3, -0.25) is 9.69 Å².